The molecule has 2 heterocycles. The molecule has 2 aromatic heterocycles. The fraction of sp³-hybridized carbons (Fsp3) is 0.190. The van der Waals surface area contributed by atoms with Crippen LogP contribution in [0.25, 0.3) is 11.1 Å². The number of carbonyl (C=O) groups is 1. The largest absolute Gasteiger partial charge is 0.434 e. The van der Waals surface area contributed by atoms with Crippen LogP contribution in [0.1, 0.15) is 34.5 Å². The normalized spacial score (nSPS) is 11.4. The summed E-state index contributed by atoms with van der Waals surface area (Å²) in [5.41, 5.74) is 1.59. The van der Waals surface area contributed by atoms with E-state index in [9.17, 15) is 18.0 Å². The summed E-state index contributed by atoms with van der Waals surface area (Å²) in [6.07, 6.45) is 1.02. The number of pyridine rings is 2. The number of nitrogens with zero attached hydrogens (tertiary/aromatic N) is 2. The maximum Gasteiger partial charge on any atom is 0.434 e. The van der Waals surface area contributed by atoms with Crippen molar-refractivity contribution in [2.75, 3.05) is 0 Å². The number of benzene rings is 1. The van der Waals surface area contributed by atoms with Crippen LogP contribution in [0.3, 0.4) is 0 Å². The van der Waals surface area contributed by atoms with Crippen molar-refractivity contribution in [2.45, 2.75) is 25.4 Å². The summed E-state index contributed by atoms with van der Waals surface area (Å²) in [6.45, 7) is 0. The molecule has 0 fully saturated rings. The van der Waals surface area contributed by atoms with Gasteiger partial charge in [-0.3, -0.25) is 14.8 Å². The van der Waals surface area contributed by atoms with Crippen molar-refractivity contribution < 1.29 is 18.0 Å². The molecule has 0 atom stereocenters. The molecule has 3 aromatic rings. The van der Waals surface area contributed by atoms with Crippen molar-refractivity contribution in [3.63, 3.8) is 0 Å². The Balaban J connectivity index is 1.60. The van der Waals surface area contributed by atoms with Crippen LogP contribution in [-0.4, -0.2) is 15.8 Å². The molecule has 0 aliphatic heterocycles. The van der Waals surface area contributed by atoms with Gasteiger partial charge in [-0.2, -0.15) is 13.2 Å². The molecule has 0 spiro atoms. The molecule has 0 aliphatic rings. The second-order valence-electron chi connectivity index (χ2n) is 6.11. The lowest BCUT2D eigenvalue weighted by Crippen LogP contribution is -2.15. The maximum atomic E-state index is 13.0. The van der Waals surface area contributed by atoms with Crippen molar-refractivity contribution >= 4 is 5.78 Å². The lowest BCUT2D eigenvalue weighted by molar-refractivity contribution is -0.141. The Bertz CT molecular complexity index is 907. The fourth-order valence-electron chi connectivity index (χ4n) is 2.84. The molecule has 0 unspecified atom stereocenters. The van der Waals surface area contributed by atoms with E-state index in [1.54, 1.807) is 12.4 Å². The molecule has 0 saturated heterocycles. The Morgan fingerprint density at radius 1 is 0.926 bits per heavy atom. The Kier molecular flexibility index (Phi) is 5.64. The van der Waals surface area contributed by atoms with Gasteiger partial charge in [0.1, 0.15) is 0 Å². The summed E-state index contributed by atoms with van der Waals surface area (Å²) in [6, 6.07) is 14.2. The van der Waals surface area contributed by atoms with Crippen LogP contribution in [0.5, 0.6) is 0 Å². The third-order valence-corrected chi connectivity index (χ3v) is 4.19. The highest BCUT2D eigenvalue weighted by Gasteiger charge is 2.36. The first-order valence-corrected chi connectivity index (χ1v) is 8.50. The smallest absolute Gasteiger partial charge is 0.294 e. The first-order chi connectivity index (χ1) is 12.9. The fourth-order valence-corrected chi connectivity index (χ4v) is 2.84. The minimum Gasteiger partial charge on any atom is -0.294 e. The van der Waals surface area contributed by atoms with Crippen LogP contribution in [0, 0.1) is 0 Å². The van der Waals surface area contributed by atoms with Crippen LogP contribution >= 0.6 is 0 Å². The van der Waals surface area contributed by atoms with E-state index in [2.05, 4.69) is 9.97 Å². The van der Waals surface area contributed by atoms with Gasteiger partial charge in [-0.1, -0.05) is 30.3 Å². The quantitative estimate of drug-likeness (QED) is 0.548. The van der Waals surface area contributed by atoms with E-state index in [0.29, 0.717) is 12.8 Å². The number of rotatable bonds is 6. The molecule has 3 rings (SSSR count). The van der Waals surface area contributed by atoms with Gasteiger partial charge < -0.3 is 0 Å². The first kappa shape index (κ1) is 18.8. The first-order valence-electron chi connectivity index (χ1n) is 8.50. The molecule has 3 nitrogen and oxygen atoms in total. The summed E-state index contributed by atoms with van der Waals surface area (Å²) < 4.78 is 38.9. The zero-order chi connectivity index (χ0) is 19.3. The third-order valence-electron chi connectivity index (χ3n) is 4.19. The number of alkyl halides is 3. The average Bonchev–Trinajstić information content (AvgIpc) is 2.68. The predicted molar refractivity (Wildman–Crippen MR) is 96.2 cm³/mol. The molecule has 0 aliphatic carbocycles. The van der Waals surface area contributed by atoms with Gasteiger partial charge in [0.25, 0.3) is 0 Å². The number of aromatic nitrogens is 2. The monoisotopic (exact) mass is 370 g/mol. The number of carbonyl (C=O) groups excluding carboxylic acids is 1. The molecule has 1 aromatic carbocycles. The molecule has 0 N–H and O–H groups in total. The Hall–Kier alpha value is -3.02. The van der Waals surface area contributed by atoms with Crippen LogP contribution in [0.15, 0.2) is 67.1 Å². The summed E-state index contributed by atoms with van der Waals surface area (Å²) >= 11 is 0. The van der Waals surface area contributed by atoms with Gasteiger partial charge in [-0.15, -0.1) is 0 Å². The zero-order valence-corrected chi connectivity index (χ0v) is 14.4. The van der Waals surface area contributed by atoms with Gasteiger partial charge >= 0.3 is 6.18 Å². The minimum absolute atomic E-state index is 0.0408. The molecule has 27 heavy (non-hydrogen) atoms. The summed E-state index contributed by atoms with van der Waals surface area (Å²) in [5, 5.41) is 0. The predicted octanol–water partition coefficient (Wildman–Crippen LogP) is 5.37. The van der Waals surface area contributed by atoms with E-state index < -0.39 is 17.7 Å². The third kappa shape index (κ3) is 4.78. The van der Waals surface area contributed by atoms with Gasteiger partial charge in [-0.25, -0.2) is 0 Å². The van der Waals surface area contributed by atoms with E-state index in [4.69, 9.17) is 0 Å². The zero-order valence-electron chi connectivity index (χ0n) is 14.4. The molecule has 138 valence electrons. The van der Waals surface area contributed by atoms with Crippen molar-refractivity contribution in [2.24, 2.45) is 0 Å². The van der Waals surface area contributed by atoms with Crippen molar-refractivity contribution in [3.05, 3.63) is 83.9 Å². The lowest BCUT2D eigenvalue weighted by atomic mass is 10.00. The molecule has 0 radical (unpaired) electrons. The highest BCUT2D eigenvalue weighted by Crippen LogP contribution is 2.30. The van der Waals surface area contributed by atoms with E-state index in [-0.39, 0.29) is 12.0 Å². The SMILES string of the molecule is O=C(CCCc1ccc(-c2cccnc2)cc1)c1cccnc1C(F)(F)F. The second-order valence-corrected chi connectivity index (χ2v) is 6.11. The van der Waals surface area contributed by atoms with Gasteiger partial charge in [0.05, 0.1) is 0 Å². The maximum absolute atomic E-state index is 13.0. The van der Waals surface area contributed by atoms with Gasteiger partial charge in [0.15, 0.2) is 11.5 Å². The van der Waals surface area contributed by atoms with Crippen LogP contribution in [0.4, 0.5) is 13.2 Å². The standard InChI is InChI=1S/C21H17F3N2O/c22-21(23,24)20-18(6-3-13-26-20)19(27)7-1-4-15-8-10-16(11-9-15)17-5-2-12-25-14-17/h2-3,5-6,8-14H,1,4,7H2. The van der Waals surface area contributed by atoms with Gasteiger partial charge in [0, 0.05) is 30.6 Å². The number of hydrogen-bond donors (Lipinski definition) is 0. The number of aryl methyl sites for hydroxylation is 1. The molecular weight excluding hydrogens is 353 g/mol. The average molecular weight is 370 g/mol. The highest BCUT2D eigenvalue weighted by atomic mass is 19.4. The second kappa shape index (κ2) is 8.12. The summed E-state index contributed by atoms with van der Waals surface area (Å²) in [7, 11) is 0. The van der Waals surface area contributed by atoms with Gasteiger partial charge in [-0.05, 0) is 47.7 Å². The number of ketones is 1. The number of Topliss-reactive ketones (excluding diaryl/α,β-unsaturated/α-hetero) is 1. The Morgan fingerprint density at radius 2 is 1.67 bits per heavy atom. The van der Waals surface area contributed by atoms with Crippen LogP contribution in [-0.2, 0) is 12.6 Å². The Labute approximate surface area is 154 Å². The molecule has 6 heteroatoms. The summed E-state index contributed by atoms with van der Waals surface area (Å²) in [5.74, 6) is -0.539. The van der Waals surface area contributed by atoms with Crippen molar-refractivity contribution in [1.82, 2.24) is 9.97 Å². The molecule has 0 saturated carbocycles. The summed E-state index contributed by atoms with van der Waals surface area (Å²) in [4.78, 5) is 19.6. The number of halogens is 3. The topological polar surface area (TPSA) is 42.9 Å². The molecule has 0 amide bonds. The van der Waals surface area contributed by atoms with Crippen molar-refractivity contribution in [1.29, 1.82) is 0 Å². The molecular formula is C21H17F3N2O. The van der Waals surface area contributed by atoms with Crippen LogP contribution in [0.2, 0.25) is 0 Å². The van der Waals surface area contributed by atoms with E-state index >= 15 is 0 Å². The minimum atomic E-state index is -4.63. The number of hydrogen-bond acceptors (Lipinski definition) is 3. The highest BCUT2D eigenvalue weighted by molar-refractivity contribution is 5.97. The lowest BCUT2D eigenvalue weighted by Gasteiger charge is -2.10. The van der Waals surface area contributed by atoms with E-state index in [1.165, 1.54) is 12.1 Å². The van der Waals surface area contributed by atoms with Crippen LogP contribution < -0.4 is 0 Å². The van der Waals surface area contributed by atoms with E-state index in [0.717, 1.165) is 22.9 Å². The Morgan fingerprint density at radius 3 is 2.33 bits per heavy atom. The van der Waals surface area contributed by atoms with E-state index in [1.807, 2.05) is 36.4 Å². The molecule has 0 bridgehead atoms. The van der Waals surface area contributed by atoms with Gasteiger partial charge in [0.2, 0.25) is 0 Å². The van der Waals surface area contributed by atoms with Crippen molar-refractivity contribution in [3.8, 4) is 11.1 Å².